The molecule has 94 valence electrons. The minimum absolute atomic E-state index is 0.0798. The Balaban J connectivity index is 2.03. The molecule has 0 bridgehead atoms. The SMILES string of the molecule is Cc1ccc(C(=O)NCc2ccc(Br)s2)c(F)c1. The van der Waals surface area contributed by atoms with Crippen molar-refractivity contribution in [2.45, 2.75) is 13.5 Å². The van der Waals surface area contributed by atoms with E-state index >= 15 is 0 Å². The minimum Gasteiger partial charge on any atom is -0.347 e. The van der Waals surface area contributed by atoms with Crippen molar-refractivity contribution in [3.05, 3.63) is 55.9 Å². The summed E-state index contributed by atoms with van der Waals surface area (Å²) in [4.78, 5) is 12.8. The number of nitrogens with one attached hydrogen (secondary N) is 1. The van der Waals surface area contributed by atoms with Crippen LogP contribution in [-0.4, -0.2) is 5.91 Å². The zero-order chi connectivity index (χ0) is 13.1. The number of amides is 1. The van der Waals surface area contributed by atoms with Crippen molar-refractivity contribution < 1.29 is 9.18 Å². The van der Waals surface area contributed by atoms with E-state index in [1.54, 1.807) is 13.0 Å². The number of halogens is 2. The summed E-state index contributed by atoms with van der Waals surface area (Å²) >= 11 is 4.89. The van der Waals surface area contributed by atoms with Crippen LogP contribution in [0.1, 0.15) is 20.8 Å². The molecule has 1 aromatic heterocycles. The molecule has 0 aliphatic rings. The minimum atomic E-state index is -0.486. The first-order valence-corrected chi connectivity index (χ1v) is 6.96. The molecule has 0 aliphatic carbocycles. The van der Waals surface area contributed by atoms with Gasteiger partial charge in [0.05, 0.1) is 15.9 Å². The van der Waals surface area contributed by atoms with Gasteiger partial charge in [-0.2, -0.15) is 0 Å². The van der Waals surface area contributed by atoms with E-state index in [9.17, 15) is 9.18 Å². The zero-order valence-corrected chi connectivity index (χ0v) is 12.1. The number of carbonyl (C=O) groups is 1. The first-order chi connectivity index (χ1) is 8.56. The largest absolute Gasteiger partial charge is 0.347 e. The lowest BCUT2D eigenvalue weighted by Crippen LogP contribution is -2.23. The summed E-state index contributed by atoms with van der Waals surface area (Å²) in [6.07, 6.45) is 0. The summed E-state index contributed by atoms with van der Waals surface area (Å²) in [6, 6.07) is 8.42. The number of hydrogen-bond donors (Lipinski definition) is 1. The van der Waals surface area contributed by atoms with E-state index in [1.165, 1.54) is 23.5 Å². The van der Waals surface area contributed by atoms with Crippen molar-refractivity contribution in [3.8, 4) is 0 Å². The van der Waals surface area contributed by atoms with Gasteiger partial charge in [-0.25, -0.2) is 4.39 Å². The van der Waals surface area contributed by atoms with Crippen molar-refractivity contribution in [2.75, 3.05) is 0 Å². The molecule has 0 fully saturated rings. The van der Waals surface area contributed by atoms with E-state index in [4.69, 9.17) is 0 Å². The highest BCUT2D eigenvalue weighted by Crippen LogP contribution is 2.21. The lowest BCUT2D eigenvalue weighted by atomic mass is 10.1. The molecule has 0 unspecified atom stereocenters. The number of aryl methyl sites for hydroxylation is 1. The highest BCUT2D eigenvalue weighted by atomic mass is 79.9. The summed E-state index contributed by atoms with van der Waals surface area (Å²) in [5.74, 6) is -0.878. The Labute approximate surface area is 117 Å². The van der Waals surface area contributed by atoms with Gasteiger partial charge in [-0.15, -0.1) is 11.3 Å². The Morgan fingerprint density at radius 3 is 2.78 bits per heavy atom. The van der Waals surface area contributed by atoms with Crippen LogP contribution < -0.4 is 5.32 Å². The topological polar surface area (TPSA) is 29.1 Å². The van der Waals surface area contributed by atoms with E-state index in [0.717, 1.165) is 14.2 Å². The maximum absolute atomic E-state index is 13.6. The molecule has 18 heavy (non-hydrogen) atoms. The molecule has 0 aliphatic heterocycles. The fourth-order valence-electron chi connectivity index (χ4n) is 1.51. The number of benzene rings is 1. The van der Waals surface area contributed by atoms with Gasteiger partial charge in [0.1, 0.15) is 5.82 Å². The van der Waals surface area contributed by atoms with Gasteiger partial charge in [0.25, 0.3) is 5.91 Å². The summed E-state index contributed by atoms with van der Waals surface area (Å²) in [6.45, 7) is 2.19. The van der Waals surface area contributed by atoms with E-state index in [0.29, 0.717) is 6.54 Å². The molecule has 1 amide bonds. The van der Waals surface area contributed by atoms with Crippen LogP contribution >= 0.6 is 27.3 Å². The average Bonchev–Trinajstić information content (AvgIpc) is 2.72. The molecule has 1 heterocycles. The molecule has 2 nitrogen and oxygen atoms in total. The molecule has 2 rings (SSSR count). The Morgan fingerprint density at radius 1 is 1.39 bits per heavy atom. The molecule has 1 aromatic carbocycles. The molecule has 2 aromatic rings. The van der Waals surface area contributed by atoms with Crippen LogP contribution in [0.2, 0.25) is 0 Å². The number of thiophene rings is 1. The highest BCUT2D eigenvalue weighted by Gasteiger charge is 2.11. The quantitative estimate of drug-likeness (QED) is 0.910. The average molecular weight is 328 g/mol. The lowest BCUT2D eigenvalue weighted by molar-refractivity contribution is 0.0947. The standard InChI is InChI=1S/C13H11BrFNOS/c1-8-2-4-10(11(15)6-8)13(17)16-7-9-3-5-12(14)18-9/h2-6H,7H2,1H3,(H,16,17). The first-order valence-electron chi connectivity index (χ1n) is 5.35. The predicted octanol–water partition coefficient (Wildman–Crippen LogP) is 3.89. The fourth-order valence-corrected chi connectivity index (χ4v) is 2.94. The van der Waals surface area contributed by atoms with Gasteiger partial charge in [-0.3, -0.25) is 4.79 Å². The smallest absolute Gasteiger partial charge is 0.254 e. The van der Waals surface area contributed by atoms with Crippen LogP contribution in [0.4, 0.5) is 4.39 Å². The van der Waals surface area contributed by atoms with Crippen LogP contribution in [0.15, 0.2) is 34.1 Å². The van der Waals surface area contributed by atoms with E-state index in [2.05, 4.69) is 21.2 Å². The Morgan fingerprint density at radius 2 is 2.17 bits per heavy atom. The third-order valence-corrected chi connectivity index (χ3v) is 4.04. The van der Waals surface area contributed by atoms with Gasteiger partial charge >= 0.3 is 0 Å². The Kier molecular flexibility index (Phi) is 4.14. The summed E-state index contributed by atoms with van der Waals surface area (Å²) in [5.41, 5.74) is 0.877. The first kappa shape index (κ1) is 13.2. The molecule has 0 radical (unpaired) electrons. The third kappa shape index (κ3) is 3.17. The second-order valence-electron chi connectivity index (χ2n) is 3.87. The van der Waals surface area contributed by atoms with Crippen molar-refractivity contribution >= 4 is 33.2 Å². The van der Waals surface area contributed by atoms with E-state index in [1.807, 2.05) is 12.1 Å². The Hall–Kier alpha value is -1.20. The molecule has 0 saturated heterocycles. The monoisotopic (exact) mass is 327 g/mol. The molecule has 0 spiro atoms. The molecule has 5 heteroatoms. The van der Waals surface area contributed by atoms with Crippen molar-refractivity contribution in [2.24, 2.45) is 0 Å². The molecule has 0 atom stereocenters. The van der Waals surface area contributed by atoms with Gasteiger partial charge in [-0.1, -0.05) is 6.07 Å². The van der Waals surface area contributed by atoms with Gasteiger partial charge < -0.3 is 5.32 Å². The molecular weight excluding hydrogens is 317 g/mol. The summed E-state index contributed by atoms with van der Waals surface area (Å²) in [7, 11) is 0. The fraction of sp³-hybridized carbons (Fsp3) is 0.154. The Bertz CT molecular complexity index is 582. The van der Waals surface area contributed by atoms with Gasteiger partial charge in [0, 0.05) is 4.88 Å². The van der Waals surface area contributed by atoms with E-state index < -0.39 is 11.7 Å². The molecule has 0 saturated carbocycles. The van der Waals surface area contributed by atoms with Crippen molar-refractivity contribution in [3.63, 3.8) is 0 Å². The van der Waals surface area contributed by atoms with Crippen LogP contribution in [-0.2, 0) is 6.54 Å². The van der Waals surface area contributed by atoms with Crippen molar-refractivity contribution in [1.29, 1.82) is 0 Å². The van der Waals surface area contributed by atoms with Crippen molar-refractivity contribution in [1.82, 2.24) is 5.32 Å². The van der Waals surface area contributed by atoms with Crippen LogP contribution in [0.25, 0.3) is 0 Å². The van der Waals surface area contributed by atoms with Crippen LogP contribution in [0.5, 0.6) is 0 Å². The molecular formula is C13H11BrFNOS. The summed E-state index contributed by atoms with van der Waals surface area (Å²) < 4.78 is 14.6. The molecule has 1 N–H and O–H groups in total. The summed E-state index contributed by atoms with van der Waals surface area (Å²) in [5, 5.41) is 2.70. The van der Waals surface area contributed by atoms with Crippen LogP contribution in [0.3, 0.4) is 0 Å². The predicted molar refractivity (Wildman–Crippen MR) is 74.3 cm³/mol. The zero-order valence-electron chi connectivity index (χ0n) is 9.67. The second-order valence-corrected chi connectivity index (χ2v) is 6.42. The van der Waals surface area contributed by atoms with Gasteiger partial charge in [-0.05, 0) is 52.7 Å². The highest BCUT2D eigenvalue weighted by molar-refractivity contribution is 9.11. The second kappa shape index (κ2) is 5.63. The number of hydrogen-bond acceptors (Lipinski definition) is 2. The van der Waals surface area contributed by atoms with E-state index in [-0.39, 0.29) is 5.56 Å². The maximum atomic E-state index is 13.6. The lowest BCUT2D eigenvalue weighted by Gasteiger charge is -2.05. The third-order valence-electron chi connectivity index (χ3n) is 2.42. The normalized spacial score (nSPS) is 10.4. The van der Waals surface area contributed by atoms with Gasteiger partial charge in [0.2, 0.25) is 0 Å². The van der Waals surface area contributed by atoms with Crippen LogP contribution in [0, 0.1) is 12.7 Å². The number of rotatable bonds is 3. The maximum Gasteiger partial charge on any atom is 0.254 e. The van der Waals surface area contributed by atoms with Gasteiger partial charge in [0.15, 0.2) is 0 Å². The number of carbonyl (C=O) groups excluding carboxylic acids is 1.